The molecule has 6 aromatic carbocycles. The van der Waals surface area contributed by atoms with Crippen molar-refractivity contribution in [1.82, 2.24) is 73.0 Å². The van der Waals surface area contributed by atoms with E-state index in [0.29, 0.717) is 126 Å². The zero-order chi connectivity index (χ0) is 103. The van der Waals surface area contributed by atoms with Gasteiger partial charge in [0.2, 0.25) is 17.4 Å². The molecule has 10 aromatic heterocycles. The molecule has 4 N–H and O–H groups in total. The first-order valence-electron chi connectivity index (χ1n) is 44.8. The second kappa shape index (κ2) is 42.1. The van der Waals surface area contributed by atoms with Gasteiger partial charge in [0, 0.05) is 103 Å². The third-order valence-corrected chi connectivity index (χ3v) is 26.7. The molecule has 18 rings (SSSR count). The summed E-state index contributed by atoms with van der Waals surface area (Å²) in [6.45, 7) is 13.8. The Hall–Kier alpha value is -12.4. The van der Waals surface area contributed by atoms with Crippen molar-refractivity contribution >= 4 is 119 Å². The first-order valence-corrected chi connectivity index (χ1v) is 47.1. The molecule has 0 bridgehead atoms. The number of rotatable bonds is 24. The van der Waals surface area contributed by atoms with E-state index in [4.69, 9.17) is 103 Å². The maximum atomic E-state index is 13.6. The van der Waals surface area contributed by atoms with Gasteiger partial charge in [-0.2, -0.15) is 39.5 Å². The summed E-state index contributed by atoms with van der Waals surface area (Å²) in [5.41, 5.74) is -1.79. The van der Waals surface area contributed by atoms with Crippen molar-refractivity contribution in [2.75, 3.05) is 52.4 Å². The Labute approximate surface area is 845 Å². The number of piperidine rings is 1. The molecule has 0 saturated carbocycles. The van der Waals surface area contributed by atoms with Crippen LogP contribution in [0.25, 0.3) is 43.6 Å². The van der Waals surface area contributed by atoms with Gasteiger partial charge >= 0.3 is 18.5 Å². The number of ether oxygens (including phenoxy) is 6. The van der Waals surface area contributed by atoms with Gasteiger partial charge in [0.25, 0.3) is 11.8 Å². The van der Waals surface area contributed by atoms with Gasteiger partial charge in [-0.05, 0) is 204 Å². The Balaban J connectivity index is 0.000000144. The number of methoxy groups -OCH3 is 3. The van der Waals surface area contributed by atoms with Gasteiger partial charge < -0.3 is 72.0 Å². The number of aliphatic hydroxyl groups is 4. The fourth-order valence-corrected chi connectivity index (χ4v) is 18.7. The monoisotopic (exact) mass is 2090 g/mol. The molecule has 2 aliphatic rings. The number of anilines is 1. The van der Waals surface area contributed by atoms with Crippen molar-refractivity contribution in [3.05, 3.63) is 322 Å². The largest absolute Gasteiger partial charge is 0.486 e. The lowest BCUT2D eigenvalue weighted by atomic mass is 9.83. The third-order valence-electron chi connectivity index (χ3n) is 24.7. The lowest BCUT2D eigenvalue weighted by molar-refractivity contribution is -0.185. The van der Waals surface area contributed by atoms with E-state index in [2.05, 4.69) is 49.8 Å². The van der Waals surface area contributed by atoms with E-state index < -0.39 is 58.2 Å². The van der Waals surface area contributed by atoms with Crippen molar-refractivity contribution in [3.8, 4) is 34.9 Å². The molecule has 4 atom stereocenters. The molecule has 16 aromatic rings. The van der Waals surface area contributed by atoms with Crippen LogP contribution >= 0.6 is 69.6 Å². The number of aryl methyl sites for hydroxylation is 4. The smallest absolute Gasteiger partial charge is 0.433 e. The van der Waals surface area contributed by atoms with E-state index in [1.807, 2.05) is 103 Å². The number of hydrogen-bond donors (Lipinski definition) is 4. The molecule has 143 heavy (non-hydrogen) atoms. The molecule has 0 radical (unpaired) electrons. The summed E-state index contributed by atoms with van der Waals surface area (Å²) in [6, 6.07) is 38.9. The van der Waals surface area contributed by atoms with Gasteiger partial charge in [-0.1, -0.05) is 124 Å². The van der Waals surface area contributed by atoms with Gasteiger partial charge in [0.05, 0.1) is 161 Å². The predicted molar refractivity (Wildman–Crippen MR) is 527 cm³/mol. The number of hydrogen-bond acceptors (Lipinski definition) is 22. The van der Waals surface area contributed by atoms with Crippen molar-refractivity contribution in [2.24, 2.45) is 34.1 Å². The summed E-state index contributed by atoms with van der Waals surface area (Å²) >= 11 is 39.5. The Morgan fingerprint density at radius 3 is 1.04 bits per heavy atom. The molecular formula is C102H97Cl6F9N16O10. The molecule has 12 heterocycles. The Kier molecular flexibility index (Phi) is 30.9. The number of fused-ring (bicyclic) bond motifs is 4. The highest BCUT2D eigenvalue weighted by molar-refractivity contribution is 6.39. The van der Waals surface area contributed by atoms with Crippen molar-refractivity contribution in [1.29, 1.82) is 0 Å². The molecule has 2 saturated heterocycles. The number of pyridine rings is 6. The summed E-state index contributed by atoms with van der Waals surface area (Å²) < 4.78 is 160. The molecule has 4 unspecified atom stereocenters. The zero-order valence-electron chi connectivity index (χ0n) is 79.2. The quantitative estimate of drug-likeness (QED) is 0.0409. The second-order valence-electron chi connectivity index (χ2n) is 35.2. The Morgan fingerprint density at radius 2 is 0.706 bits per heavy atom. The van der Waals surface area contributed by atoms with Crippen LogP contribution in [0.2, 0.25) is 30.1 Å². The molecule has 2 fully saturated rings. The van der Waals surface area contributed by atoms with Crippen LogP contribution in [-0.4, -0.2) is 165 Å². The van der Waals surface area contributed by atoms with Crippen LogP contribution in [0, 0.1) is 5.92 Å². The van der Waals surface area contributed by atoms with Crippen LogP contribution in [0.3, 0.4) is 0 Å². The van der Waals surface area contributed by atoms with Crippen molar-refractivity contribution in [2.45, 2.75) is 127 Å². The lowest BCUT2D eigenvalue weighted by Crippen LogP contribution is -2.38. The minimum atomic E-state index is -4.75. The number of nitrogens with zero attached hydrogens (tertiary/aromatic N) is 16. The molecular weight excluding hydrogens is 1990 g/mol. The topological polar surface area (TPSA) is 291 Å². The highest BCUT2D eigenvalue weighted by atomic mass is 35.5. The van der Waals surface area contributed by atoms with Crippen molar-refractivity contribution in [3.63, 3.8) is 0 Å². The van der Waals surface area contributed by atoms with Crippen LogP contribution in [-0.2, 0) is 69.5 Å². The van der Waals surface area contributed by atoms with Gasteiger partial charge in [0.1, 0.15) is 11.4 Å². The number of alkyl halides is 9. The summed E-state index contributed by atoms with van der Waals surface area (Å²) in [5, 5.41) is 53.3. The fourth-order valence-electron chi connectivity index (χ4n) is 17.3. The van der Waals surface area contributed by atoms with Crippen molar-refractivity contribution < 1.29 is 88.4 Å². The maximum absolute atomic E-state index is 13.6. The lowest BCUT2D eigenvalue weighted by Gasteiger charge is -2.34. The normalized spacial score (nSPS) is 15.0. The standard InChI is InChI=1S/C28H26ClF6N5O2.C26H26Cl2N4O2.C24H23Cl2N3O3.C24H22ClF3N4O3/c1-39-15-36-13-23(39)26(41,18-5-8-37-22(12-18)28(33,34)35)17-3-4-21-19(11-17)24(29)20(25(38-21)42-2)14-40-9-6-16(7-10-40)27(30,31)32;1-16(2)34-24-23(28)20-13-18(7-10-21(20)30-25(24)32-11-4-12-32)26(33,22-14-29-15-31(22)3)17-5-8-19(27)9-6-17;1-14(2)32-22-21(26)18-11-16(7-10-19(18)28-23(22)31-4)24(30,20-12-27-13-29(20)3)15-5-8-17(25)9-6-15;1-13(2)35-21-20(25)16-9-14(5-7-17(16)31-22(21)34-4)23(33,19-11-29-12-32(19)3)15-6-8-18(30-10-15)24(26,27)28/h3-5,8,11-13,15-16,41H,6-7,9-10,14H2,1-2H3;5-10,13-16,33H,4,11-12H2,1-3H3;5-14,30H,1-4H3;5-13,33H,1-4H3. The van der Waals surface area contributed by atoms with E-state index in [0.717, 1.165) is 55.4 Å². The minimum absolute atomic E-state index is 0.0435. The van der Waals surface area contributed by atoms with E-state index in [1.165, 1.54) is 75.2 Å². The molecule has 0 amide bonds. The van der Waals surface area contributed by atoms with Crippen LogP contribution in [0.15, 0.2) is 208 Å². The average molecular weight is 2090 g/mol. The first kappa shape index (κ1) is 105. The molecule has 0 spiro atoms. The zero-order valence-corrected chi connectivity index (χ0v) is 83.7. The van der Waals surface area contributed by atoms with Crippen LogP contribution in [0.1, 0.15) is 145 Å². The highest BCUT2D eigenvalue weighted by Gasteiger charge is 2.46. The molecule has 750 valence electrons. The maximum Gasteiger partial charge on any atom is 0.433 e. The van der Waals surface area contributed by atoms with E-state index in [9.17, 15) is 59.9 Å². The number of aromatic nitrogens is 14. The molecule has 2 aliphatic heterocycles. The van der Waals surface area contributed by atoms with E-state index in [1.54, 1.807) is 120 Å². The predicted octanol–water partition coefficient (Wildman–Crippen LogP) is 22.1. The summed E-state index contributed by atoms with van der Waals surface area (Å²) in [6.07, 6.45) is 1.29. The van der Waals surface area contributed by atoms with E-state index in [-0.39, 0.29) is 101 Å². The number of imidazole rings is 4. The Morgan fingerprint density at radius 1 is 0.371 bits per heavy atom. The summed E-state index contributed by atoms with van der Waals surface area (Å²) in [4.78, 5) is 46.0. The van der Waals surface area contributed by atoms with Crippen LogP contribution in [0.4, 0.5) is 45.3 Å². The van der Waals surface area contributed by atoms with Gasteiger partial charge in [0.15, 0.2) is 34.0 Å². The van der Waals surface area contributed by atoms with E-state index >= 15 is 0 Å². The fraction of sp³-hybridized carbons (Fsp3) is 0.314. The van der Waals surface area contributed by atoms with Gasteiger partial charge in [-0.15, -0.1) is 0 Å². The van der Waals surface area contributed by atoms with Crippen LogP contribution < -0.4 is 33.3 Å². The third kappa shape index (κ3) is 21.2. The number of halogens is 15. The minimum Gasteiger partial charge on any atom is -0.486 e. The van der Waals surface area contributed by atoms with Gasteiger partial charge in [-0.25, -0.2) is 39.9 Å². The Bertz CT molecular complexity index is 7310. The van der Waals surface area contributed by atoms with Gasteiger partial charge in [-0.3, -0.25) is 14.9 Å². The number of benzene rings is 6. The second-order valence-corrected chi connectivity index (χ2v) is 37.5. The molecule has 26 nitrogen and oxygen atoms in total. The highest BCUT2D eigenvalue weighted by Crippen LogP contribution is 2.51. The first-order chi connectivity index (χ1) is 67.7. The molecule has 41 heteroatoms. The summed E-state index contributed by atoms with van der Waals surface area (Å²) in [7, 11) is 11.3. The molecule has 0 aliphatic carbocycles. The SMILES string of the molecule is CC(C)Oc1c(N2CCC2)nc2ccc(C(O)(c3ccc(Cl)cc3)c3cncn3C)cc2c1Cl.COc1nc2ccc(C(O)(c3ccc(C(F)(F)F)nc3)c3cncn3C)cc2c(Cl)c1OC(C)C.COc1nc2ccc(C(O)(c3ccc(Cl)cc3)c3cncn3C)cc2c(Cl)c1OC(C)C.COc1nc2ccc(C(O)(c3ccnc(C(F)(F)F)c3)c3cncn3C)cc2c(Cl)c1CN1CCC(C(F)(F)F)CC1. The van der Waals surface area contributed by atoms with Crippen LogP contribution in [0.5, 0.6) is 34.9 Å². The summed E-state index contributed by atoms with van der Waals surface area (Å²) in [5.74, 6) is 1.31. The average Bonchev–Trinajstić information content (AvgIpc) is 1.71. The number of likely N-dealkylation sites (tertiary alicyclic amines) is 1.